The SMILES string of the molecule is CC1[N]C1CO. The maximum Gasteiger partial charge on any atom is 0.0647 e. The Morgan fingerprint density at radius 2 is 2.33 bits per heavy atom. The molecule has 1 N–H and O–H groups in total. The molecule has 0 aromatic carbocycles. The van der Waals surface area contributed by atoms with Crippen LogP contribution in [0.1, 0.15) is 6.92 Å². The number of hydrogen-bond acceptors (Lipinski definition) is 1. The highest BCUT2D eigenvalue weighted by Gasteiger charge is 2.32. The van der Waals surface area contributed by atoms with E-state index < -0.39 is 0 Å². The van der Waals surface area contributed by atoms with Crippen LogP contribution in [-0.2, 0) is 0 Å². The number of rotatable bonds is 1. The predicted octanol–water partition coefficient (Wildman–Crippen LogP) is -0.646. The van der Waals surface area contributed by atoms with Crippen molar-refractivity contribution in [2.75, 3.05) is 6.61 Å². The zero-order chi connectivity index (χ0) is 4.57. The number of aliphatic hydroxyl groups is 1. The van der Waals surface area contributed by atoms with Gasteiger partial charge in [0.2, 0.25) is 0 Å². The summed E-state index contributed by atoms with van der Waals surface area (Å²) in [6, 6.07) is 0.722. The van der Waals surface area contributed by atoms with Crippen LogP contribution >= 0.6 is 0 Å². The molecule has 1 heterocycles. The summed E-state index contributed by atoms with van der Waals surface area (Å²) in [7, 11) is 0. The van der Waals surface area contributed by atoms with Crippen LogP contribution < -0.4 is 5.32 Å². The van der Waals surface area contributed by atoms with E-state index in [9.17, 15) is 0 Å². The van der Waals surface area contributed by atoms with Crippen LogP contribution in [0.2, 0.25) is 0 Å². The van der Waals surface area contributed by atoms with Crippen molar-refractivity contribution in [1.82, 2.24) is 5.32 Å². The molecule has 1 rings (SSSR count). The average Bonchev–Trinajstić information content (AvgIpc) is 2.19. The first-order valence-corrected chi connectivity index (χ1v) is 2.15. The fourth-order valence-electron chi connectivity index (χ4n) is 0.452. The second kappa shape index (κ2) is 1.21. The van der Waals surface area contributed by atoms with E-state index in [4.69, 9.17) is 5.11 Å². The number of aliphatic hydroxyl groups excluding tert-OH is 1. The minimum atomic E-state index is 0.237. The molecule has 2 nitrogen and oxygen atoms in total. The monoisotopic (exact) mass is 86.1 g/mol. The molecule has 1 fully saturated rings. The van der Waals surface area contributed by atoms with E-state index in [-0.39, 0.29) is 12.6 Å². The Balaban J connectivity index is 2.09. The van der Waals surface area contributed by atoms with Crippen molar-refractivity contribution >= 4 is 0 Å². The van der Waals surface area contributed by atoms with Gasteiger partial charge in [-0.05, 0) is 6.92 Å². The Morgan fingerprint density at radius 1 is 1.83 bits per heavy atom. The van der Waals surface area contributed by atoms with Crippen LogP contribution in [-0.4, -0.2) is 23.8 Å². The highest BCUT2D eigenvalue weighted by Crippen LogP contribution is 2.10. The van der Waals surface area contributed by atoms with E-state index in [1.165, 1.54) is 0 Å². The number of hydrogen-bond donors (Lipinski definition) is 1. The summed E-state index contributed by atoms with van der Waals surface area (Å²) >= 11 is 0. The van der Waals surface area contributed by atoms with Gasteiger partial charge < -0.3 is 5.11 Å². The van der Waals surface area contributed by atoms with E-state index in [2.05, 4.69) is 5.32 Å². The highest BCUT2D eigenvalue weighted by atomic mass is 16.3. The Bertz CT molecular complexity index is 53.5. The quantitative estimate of drug-likeness (QED) is 0.423. The molecule has 0 spiro atoms. The standard InChI is InChI=1S/C4H8NO/c1-3-4(2-6)5-3/h3-4,6H,2H2,1H3. The third-order valence-corrected chi connectivity index (χ3v) is 1.08. The molecule has 35 valence electrons. The van der Waals surface area contributed by atoms with Gasteiger partial charge in [-0.2, -0.15) is 0 Å². The van der Waals surface area contributed by atoms with Crippen molar-refractivity contribution in [2.45, 2.75) is 19.0 Å². The first-order valence-electron chi connectivity index (χ1n) is 2.15. The van der Waals surface area contributed by atoms with Crippen LogP contribution in [0, 0.1) is 0 Å². The summed E-state index contributed by atoms with van der Waals surface area (Å²) in [5, 5.41) is 12.2. The second-order valence-electron chi connectivity index (χ2n) is 1.64. The Hall–Kier alpha value is -0.0800. The maximum absolute atomic E-state index is 8.28. The Morgan fingerprint density at radius 3 is 2.33 bits per heavy atom. The van der Waals surface area contributed by atoms with Gasteiger partial charge in [-0.25, -0.2) is 5.32 Å². The van der Waals surface area contributed by atoms with Crippen LogP contribution in [0.4, 0.5) is 0 Å². The van der Waals surface area contributed by atoms with Crippen LogP contribution in [0.3, 0.4) is 0 Å². The van der Waals surface area contributed by atoms with Crippen molar-refractivity contribution in [3.8, 4) is 0 Å². The molecular formula is C4H8NO. The molecule has 2 unspecified atom stereocenters. The fraction of sp³-hybridized carbons (Fsp3) is 1.00. The van der Waals surface area contributed by atoms with Crippen molar-refractivity contribution in [3.05, 3.63) is 0 Å². The zero-order valence-corrected chi connectivity index (χ0v) is 3.76. The molecule has 0 bridgehead atoms. The van der Waals surface area contributed by atoms with Crippen molar-refractivity contribution in [3.63, 3.8) is 0 Å². The van der Waals surface area contributed by atoms with E-state index in [1.807, 2.05) is 6.92 Å². The summed E-state index contributed by atoms with van der Waals surface area (Å²) in [6.07, 6.45) is 0. The molecule has 1 saturated heterocycles. The van der Waals surface area contributed by atoms with Gasteiger partial charge in [0.05, 0.1) is 12.6 Å². The minimum Gasteiger partial charge on any atom is -0.395 e. The Labute approximate surface area is 37.2 Å². The van der Waals surface area contributed by atoms with Gasteiger partial charge in [-0.1, -0.05) is 0 Å². The van der Waals surface area contributed by atoms with Crippen molar-refractivity contribution in [2.24, 2.45) is 0 Å². The summed E-state index contributed by atoms with van der Waals surface area (Å²) in [6.45, 7) is 2.24. The zero-order valence-electron chi connectivity index (χ0n) is 3.76. The van der Waals surface area contributed by atoms with Gasteiger partial charge in [0.1, 0.15) is 0 Å². The first-order chi connectivity index (χ1) is 2.84. The molecule has 0 aromatic rings. The summed E-state index contributed by atoms with van der Waals surface area (Å²) in [5.41, 5.74) is 0. The molecule has 2 heteroatoms. The lowest BCUT2D eigenvalue weighted by atomic mass is 10.4. The smallest absolute Gasteiger partial charge is 0.0647 e. The van der Waals surface area contributed by atoms with E-state index in [0.29, 0.717) is 6.04 Å². The average molecular weight is 86.1 g/mol. The summed E-state index contributed by atoms with van der Waals surface area (Å²) in [5.74, 6) is 0. The lowest BCUT2D eigenvalue weighted by Gasteiger charge is -1.75. The van der Waals surface area contributed by atoms with Gasteiger partial charge in [-0.3, -0.25) is 0 Å². The maximum atomic E-state index is 8.28. The molecule has 0 saturated carbocycles. The normalized spacial score (nSPS) is 43.0. The topological polar surface area (TPSA) is 34.3 Å². The first kappa shape index (κ1) is 4.09. The second-order valence-corrected chi connectivity index (χ2v) is 1.64. The minimum absolute atomic E-state index is 0.237. The highest BCUT2D eigenvalue weighted by molar-refractivity contribution is 4.92. The third kappa shape index (κ3) is 0.533. The van der Waals surface area contributed by atoms with Crippen LogP contribution in [0.15, 0.2) is 0 Å². The molecule has 0 amide bonds. The molecule has 2 atom stereocenters. The summed E-state index contributed by atoms with van der Waals surface area (Å²) in [4.78, 5) is 0. The lowest BCUT2D eigenvalue weighted by Crippen LogP contribution is -1.94. The van der Waals surface area contributed by atoms with Gasteiger partial charge in [0.15, 0.2) is 0 Å². The summed E-state index contributed by atoms with van der Waals surface area (Å²) < 4.78 is 0. The molecule has 1 aliphatic rings. The largest absolute Gasteiger partial charge is 0.395 e. The van der Waals surface area contributed by atoms with Gasteiger partial charge in [0.25, 0.3) is 0 Å². The van der Waals surface area contributed by atoms with Gasteiger partial charge in [0, 0.05) is 6.04 Å². The van der Waals surface area contributed by atoms with Crippen molar-refractivity contribution in [1.29, 1.82) is 0 Å². The van der Waals surface area contributed by atoms with Gasteiger partial charge >= 0.3 is 0 Å². The van der Waals surface area contributed by atoms with E-state index >= 15 is 0 Å². The third-order valence-electron chi connectivity index (χ3n) is 1.08. The molecule has 0 aromatic heterocycles. The van der Waals surface area contributed by atoms with E-state index in [0.717, 1.165) is 0 Å². The molecule has 6 heavy (non-hydrogen) atoms. The molecule has 1 aliphatic heterocycles. The lowest BCUT2D eigenvalue weighted by molar-refractivity contribution is 0.294. The molecule has 0 aliphatic carbocycles. The van der Waals surface area contributed by atoms with E-state index in [1.54, 1.807) is 0 Å². The Kier molecular flexibility index (Phi) is 0.821. The van der Waals surface area contributed by atoms with Crippen LogP contribution in [0.25, 0.3) is 0 Å². The van der Waals surface area contributed by atoms with Crippen LogP contribution in [0.5, 0.6) is 0 Å². The number of nitrogens with zero attached hydrogens (tertiary/aromatic N) is 1. The molecule has 1 radical (unpaired) electrons. The fourth-order valence-corrected chi connectivity index (χ4v) is 0.452. The van der Waals surface area contributed by atoms with Crippen molar-refractivity contribution < 1.29 is 5.11 Å². The predicted molar refractivity (Wildman–Crippen MR) is 22.5 cm³/mol. The molecular weight excluding hydrogens is 78.0 g/mol. The van der Waals surface area contributed by atoms with Gasteiger partial charge in [-0.15, -0.1) is 0 Å².